The SMILES string of the molecule is C1CCC(CCOC2CCOC3(CCOCC3)C2)NC1. The van der Waals surface area contributed by atoms with E-state index >= 15 is 0 Å². The second-order valence-corrected chi connectivity index (χ2v) is 6.56. The van der Waals surface area contributed by atoms with Crippen molar-refractivity contribution < 1.29 is 14.2 Å². The van der Waals surface area contributed by atoms with E-state index in [0.717, 1.165) is 58.5 Å². The fourth-order valence-electron chi connectivity index (χ4n) is 3.76. The number of nitrogens with one attached hydrogen (secondary N) is 1. The summed E-state index contributed by atoms with van der Waals surface area (Å²) in [6, 6.07) is 0.681. The maximum Gasteiger partial charge on any atom is 0.0751 e. The number of ether oxygens (including phenoxy) is 3. The molecule has 0 aromatic rings. The first-order valence-electron chi connectivity index (χ1n) is 8.43. The summed E-state index contributed by atoms with van der Waals surface area (Å²) in [7, 11) is 0. The van der Waals surface area contributed by atoms with Crippen LogP contribution in [0.2, 0.25) is 0 Å². The monoisotopic (exact) mass is 283 g/mol. The second-order valence-electron chi connectivity index (χ2n) is 6.56. The third-order valence-corrected chi connectivity index (χ3v) is 5.08. The van der Waals surface area contributed by atoms with Gasteiger partial charge in [-0.2, -0.15) is 0 Å². The molecule has 0 radical (unpaired) electrons. The third-order valence-electron chi connectivity index (χ3n) is 5.08. The summed E-state index contributed by atoms with van der Waals surface area (Å²) in [6.07, 6.45) is 9.78. The van der Waals surface area contributed by atoms with Crippen LogP contribution in [0.25, 0.3) is 0 Å². The third kappa shape index (κ3) is 3.94. The first-order valence-corrected chi connectivity index (χ1v) is 8.43. The molecule has 116 valence electrons. The smallest absolute Gasteiger partial charge is 0.0751 e. The minimum absolute atomic E-state index is 0.0598. The second kappa shape index (κ2) is 7.21. The molecular formula is C16H29NO3. The molecule has 3 fully saturated rings. The van der Waals surface area contributed by atoms with Gasteiger partial charge in [-0.05, 0) is 45.1 Å². The van der Waals surface area contributed by atoms with Crippen molar-refractivity contribution in [1.29, 1.82) is 0 Å². The quantitative estimate of drug-likeness (QED) is 0.859. The zero-order chi connectivity index (χ0) is 13.7. The number of hydrogen-bond acceptors (Lipinski definition) is 4. The van der Waals surface area contributed by atoms with Gasteiger partial charge in [0.1, 0.15) is 0 Å². The molecule has 3 rings (SSSR count). The molecule has 2 unspecified atom stereocenters. The zero-order valence-corrected chi connectivity index (χ0v) is 12.6. The lowest BCUT2D eigenvalue weighted by Gasteiger charge is -2.43. The minimum atomic E-state index is 0.0598. The molecule has 0 saturated carbocycles. The van der Waals surface area contributed by atoms with Crippen molar-refractivity contribution in [3.63, 3.8) is 0 Å². The van der Waals surface area contributed by atoms with Crippen molar-refractivity contribution in [1.82, 2.24) is 5.32 Å². The Morgan fingerprint density at radius 2 is 2.00 bits per heavy atom. The van der Waals surface area contributed by atoms with Crippen molar-refractivity contribution in [3.8, 4) is 0 Å². The molecule has 20 heavy (non-hydrogen) atoms. The average molecular weight is 283 g/mol. The molecule has 3 aliphatic heterocycles. The molecule has 3 aliphatic rings. The Kier molecular flexibility index (Phi) is 5.32. The standard InChI is InChI=1S/C16H29NO3/c1-2-8-17-14(3-1)4-9-19-15-5-10-20-16(13-15)6-11-18-12-7-16/h14-15,17H,1-13H2. The van der Waals surface area contributed by atoms with Gasteiger partial charge in [0.25, 0.3) is 0 Å². The van der Waals surface area contributed by atoms with E-state index in [1.807, 2.05) is 0 Å². The average Bonchev–Trinajstić information content (AvgIpc) is 2.49. The van der Waals surface area contributed by atoms with Crippen LogP contribution in [0.1, 0.15) is 51.4 Å². The Morgan fingerprint density at radius 3 is 2.80 bits per heavy atom. The van der Waals surface area contributed by atoms with E-state index in [1.165, 1.54) is 25.8 Å². The van der Waals surface area contributed by atoms with Crippen LogP contribution < -0.4 is 5.32 Å². The van der Waals surface area contributed by atoms with Gasteiger partial charge < -0.3 is 19.5 Å². The molecule has 0 aliphatic carbocycles. The van der Waals surface area contributed by atoms with Gasteiger partial charge in [-0.25, -0.2) is 0 Å². The normalized spacial score (nSPS) is 34.2. The fraction of sp³-hybridized carbons (Fsp3) is 1.00. The van der Waals surface area contributed by atoms with E-state index in [4.69, 9.17) is 14.2 Å². The van der Waals surface area contributed by atoms with Gasteiger partial charge in [0.05, 0.1) is 11.7 Å². The highest BCUT2D eigenvalue weighted by Gasteiger charge is 2.39. The molecule has 1 N–H and O–H groups in total. The van der Waals surface area contributed by atoms with Crippen molar-refractivity contribution in [2.45, 2.75) is 69.1 Å². The largest absolute Gasteiger partial charge is 0.381 e. The molecule has 0 bridgehead atoms. The molecular weight excluding hydrogens is 254 g/mol. The molecule has 3 saturated heterocycles. The van der Waals surface area contributed by atoms with Gasteiger partial charge in [0.15, 0.2) is 0 Å². The van der Waals surface area contributed by atoms with E-state index in [-0.39, 0.29) is 5.60 Å². The first kappa shape index (κ1) is 14.8. The molecule has 0 amide bonds. The lowest BCUT2D eigenvalue weighted by Crippen LogP contribution is -2.46. The number of rotatable bonds is 4. The summed E-state index contributed by atoms with van der Waals surface area (Å²) in [4.78, 5) is 0. The molecule has 2 atom stereocenters. The predicted molar refractivity (Wildman–Crippen MR) is 78.0 cm³/mol. The highest BCUT2D eigenvalue weighted by molar-refractivity contribution is 4.89. The highest BCUT2D eigenvalue weighted by Crippen LogP contribution is 2.35. The molecule has 4 nitrogen and oxygen atoms in total. The summed E-state index contributed by atoms with van der Waals surface area (Å²) >= 11 is 0. The predicted octanol–water partition coefficient (Wildman–Crippen LogP) is 2.26. The van der Waals surface area contributed by atoms with Crippen LogP contribution in [0.3, 0.4) is 0 Å². The van der Waals surface area contributed by atoms with Crippen LogP contribution in [-0.2, 0) is 14.2 Å². The van der Waals surface area contributed by atoms with Crippen LogP contribution >= 0.6 is 0 Å². The van der Waals surface area contributed by atoms with E-state index in [1.54, 1.807) is 0 Å². The molecule has 3 heterocycles. The summed E-state index contributed by atoms with van der Waals surface area (Å²) < 4.78 is 17.7. The van der Waals surface area contributed by atoms with Gasteiger partial charge in [0, 0.05) is 38.9 Å². The van der Waals surface area contributed by atoms with Crippen molar-refractivity contribution in [2.75, 3.05) is 33.0 Å². The molecule has 0 aromatic carbocycles. The van der Waals surface area contributed by atoms with Crippen molar-refractivity contribution in [2.24, 2.45) is 0 Å². The van der Waals surface area contributed by atoms with E-state index < -0.39 is 0 Å². The number of hydrogen-bond donors (Lipinski definition) is 1. The van der Waals surface area contributed by atoms with Crippen molar-refractivity contribution >= 4 is 0 Å². The van der Waals surface area contributed by atoms with Gasteiger partial charge in [0.2, 0.25) is 0 Å². The fourth-order valence-corrected chi connectivity index (χ4v) is 3.76. The number of piperidine rings is 1. The van der Waals surface area contributed by atoms with Crippen LogP contribution in [0.4, 0.5) is 0 Å². The Hall–Kier alpha value is -0.160. The van der Waals surface area contributed by atoms with E-state index in [9.17, 15) is 0 Å². The Balaban J connectivity index is 1.38. The highest BCUT2D eigenvalue weighted by atomic mass is 16.5. The lowest BCUT2D eigenvalue weighted by molar-refractivity contribution is -0.169. The Bertz CT molecular complexity index is 280. The van der Waals surface area contributed by atoms with Gasteiger partial charge in [-0.1, -0.05) is 6.42 Å². The van der Waals surface area contributed by atoms with Gasteiger partial charge in [-0.3, -0.25) is 0 Å². The maximum absolute atomic E-state index is 6.15. The summed E-state index contributed by atoms with van der Waals surface area (Å²) in [6.45, 7) is 4.63. The molecule has 0 aromatic heterocycles. The Morgan fingerprint density at radius 1 is 1.10 bits per heavy atom. The van der Waals surface area contributed by atoms with Gasteiger partial charge >= 0.3 is 0 Å². The van der Waals surface area contributed by atoms with Crippen LogP contribution in [-0.4, -0.2) is 50.7 Å². The van der Waals surface area contributed by atoms with Gasteiger partial charge in [-0.15, -0.1) is 0 Å². The summed E-state index contributed by atoms with van der Waals surface area (Å²) in [5.41, 5.74) is 0.0598. The van der Waals surface area contributed by atoms with Crippen LogP contribution in [0.15, 0.2) is 0 Å². The van der Waals surface area contributed by atoms with E-state index in [2.05, 4.69) is 5.32 Å². The summed E-state index contributed by atoms with van der Waals surface area (Å²) in [5, 5.41) is 3.59. The lowest BCUT2D eigenvalue weighted by atomic mass is 9.85. The molecule has 1 spiro atoms. The van der Waals surface area contributed by atoms with Crippen LogP contribution in [0, 0.1) is 0 Å². The van der Waals surface area contributed by atoms with Crippen molar-refractivity contribution in [3.05, 3.63) is 0 Å². The molecule has 4 heteroatoms. The minimum Gasteiger partial charge on any atom is -0.381 e. The van der Waals surface area contributed by atoms with Crippen LogP contribution in [0.5, 0.6) is 0 Å². The Labute approximate surface area is 122 Å². The zero-order valence-electron chi connectivity index (χ0n) is 12.6. The first-order chi connectivity index (χ1) is 9.86. The maximum atomic E-state index is 6.15. The topological polar surface area (TPSA) is 39.7 Å². The van der Waals surface area contributed by atoms with E-state index in [0.29, 0.717) is 12.1 Å². The summed E-state index contributed by atoms with van der Waals surface area (Å²) in [5.74, 6) is 0.